The number of hydrogen-bond acceptors (Lipinski definition) is 4. The smallest absolute Gasteiger partial charge is 0.246 e. The summed E-state index contributed by atoms with van der Waals surface area (Å²) >= 11 is 0. The van der Waals surface area contributed by atoms with E-state index in [2.05, 4.69) is 15.4 Å². The lowest BCUT2D eigenvalue weighted by molar-refractivity contribution is -0.116. The van der Waals surface area contributed by atoms with Gasteiger partial charge in [0, 0.05) is 17.4 Å². The van der Waals surface area contributed by atoms with Crippen molar-refractivity contribution >= 4 is 22.6 Å². The number of aryl methyl sites for hydroxylation is 2. The molecule has 3 heterocycles. The molecule has 1 amide bonds. The zero-order valence-corrected chi connectivity index (χ0v) is 14.6. The van der Waals surface area contributed by atoms with Gasteiger partial charge in [0.2, 0.25) is 5.91 Å². The van der Waals surface area contributed by atoms with Crippen LogP contribution in [0.25, 0.3) is 22.4 Å². The fraction of sp³-hybridized carbons (Fsp3) is 0.150. The number of nitrogens with one attached hydrogen (secondary N) is 1. The van der Waals surface area contributed by atoms with Crippen molar-refractivity contribution in [1.29, 1.82) is 0 Å². The minimum absolute atomic E-state index is 0.0902. The van der Waals surface area contributed by atoms with E-state index in [1.165, 1.54) is 0 Å². The lowest BCUT2D eigenvalue weighted by atomic mass is 10.1. The van der Waals surface area contributed by atoms with E-state index in [4.69, 9.17) is 4.42 Å². The fourth-order valence-corrected chi connectivity index (χ4v) is 3.09. The molecule has 0 aliphatic carbocycles. The van der Waals surface area contributed by atoms with Crippen LogP contribution in [0, 0.1) is 13.8 Å². The van der Waals surface area contributed by atoms with Gasteiger partial charge in [-0.05, 0) is 49.7 Å². The summed E-state index contributed by atoms with van der Waals surface area (Å²) in [4.78, 5) is 16.9. The number of fused-ring (bicyclic) bond motifs is 1. The highest BCUT2D eigenvalue weighted by atomic mass is 16.3. The van der Waals surface area contributed by atoms with Gasteiger partial charge in [-0.25, -0.2) is 9.67 Å². The van der Waals surface area contributed by atoms with E-state index in [9.17, 15) is 4.79 Å². The number of amides is 1. The molecule has 0 aliphatic heterocycles. The molecule has 4 aromatic rings. The second-order valence-electron chi connectivity index (χ2n) is 6.20. The van der Waals surface area contributed by atoms with Gasteiger partial charge in [-0.2, -0.15) is 5.10 Å². The van der Waals surface area contributed by atoms with Gasteiger partial charge in [-0.15, -0.1) is 0 Å². The van der Waals surface area contributed by atoms with Gasteiger partial charge in [0.15, 0.2) is 5.65 Å². The Morgan fingerprint density at radius 3 is 2.85 bits per heavy atom. The number of anilines is 1. The molecule has 0 unspecified atom stereocenters. The molecule has 0 atom stereocenters. The van der Waals surface area contributed by atoms with Crippen LogP contribution < -0.4 is 5.32 Å². The largest absolute Gasteiger partial charge is 0.464 e. The second kappa shape index (κ2) is 6.48. The van der Waals surface area contributed by atoms with Crippen LogP contribution in [-0.2, 0) is 11.3 Å². The average molecular weight is 346 g/mol. The minimum Gasteiger partial charge on any atom is -0.464 e. The summed E-state index contributed by atoms with van der Waals surface area (Å²) < 4.78 is 7.15. The van der Waals surface area contributed by atoms with E-state index in [1.807, 2.05) is 56.3 Å². The Labute approximate surface area is 150 Å². The van der Waals surface area contributed by atoms with Crippen molar-refractivity contribution in [1.82, 2.24) is 14.8 Å². The van der Waals surface area contributed by atoms with E-state index in [-0.39, 0.29) is 12.5 Å². The van der Waals surface area contributed by atoms with Crippen molar-refractivity contribution < 1.29 is 9.21 Å². The van der Waals surface area contributed by atoms with E-state index < -0.39 is 0 Å². The van der Waals surface area contributed by atoms with Crippen LogP contribution in [0.1, 0.15) is 11.3 Å². The van der Waals surface area contributed by atoms with Gasteiger partial charge in [-0.1, -0.05) is 12.1 Å². The van der Waals surface area contributed by atoms with Gasteiger partial charge in [0.25, 0.3) is 0 Å². The molecule has 130 valence electrons. The van der Waals surface area contributed by atoms with Crippen molar-refractivity contribution in [3.05, 3.63) is 66.2 Å². The summed E-state index contributed by atoms with van der Waals surface area (Å²) in [7, 11) is 0. The Bertz CT molecular complexity index is 1080. The molecule has 0 saturated carbocycles. The van der Waals surface area contributed by atoms with Gasteiger partial charge < -0.3 is 9.73 Å². The zero-order chi connectivity index (χ0) is 18.1. The maximum absolute atomic E-state index is 12.4. The zero-order valence-electron chi connectivity index (χ0n) is 14.6. The summed E-state index contributed by atoms with van der Waals surface area (Å²) in [5, 5.41) is 8.31. The highest BCUT2D eigenvalue weighted by Crippen LogP contribution is 2.30. The summed E-state index contributed by atoms with van der Waals surface area (Å²) in [6, 6.07) is 13.3. The molecule has 0 saturated heterocycles. The summed E-state index contributed by atoms with van der Waals surface area (Å²) in [6.07, 6.45) is 3.34. The molecule has 1 N–H and O–H groups in total. The third kappa shape index (κ3) is 2.97. The number of benzene rings is 1. The van der Waals surface area contributed by atoms with Crippen LogP contribution in [0.5, 0.6) is 0 Å². The molecule has 0 bridgehead atoms. The number of aromatic nitrogens is 3. The summed E-state index contributed by atoms with van der Waals surface area (Å²) in [6.45, 7) is 3.98. The van der Waals surface area contributed by atoms with Crippen LogP contribution in [0.15, 0.2) is 59.3 Å². The summed E-state index contributed by atoms with van der Waals surface area (Å²) in [5.41, 5.74) is 4.25. The molecule has 3 aromatic heterocycles. The van der Waals surface area contributed by atoms with Crippen molar-refractivity contribution in [2.75, 3.05) is 5.32 Å². The SMILES string of the molecule is Cc1cccc(NC(=O)Cn2nc(C)c3c(-c4ccco4)ccnc32)c1. The first-order chi connectivity index (χ1) is 12.6. The minimum atomic E-state index is -0.148. The predicted octanol–water partition coefficient (Wildman–Crippen LogP) is 3.95. The number of hydrogen-bond donors (Lipinski definition) is 1. The molecule has 6 nitrogen and oxygen atoms in total. The maximum atomic E-state index is 12.4. The Morgan fingerprint density at radius 2 is 2.08 bits per heavy atom. The number of pyridine rings is 1. The van der Waals surface area contributed by atoms with Gasteiger partial charge in [0.1, 0.15) is 12.3 Å². The van der Waals surface area contributed by atoms with E-state index in [1.54, 1.807) is 17.1 Å². The molecule has 0 aliphatic rings. The lowest BCUT2D eigenvalue weighted by Gasteiger charge is -2.07. The van der Waals surface area contributed by atoms with E-state index >= 15 is 0 Å². The average Bonchev–Trinajstić information content (AvgIpc) is 3.24. The number of carbonyl (C=O) groups excluding carboxylic acids is 1. The monoisotopic (exact) mass is 346 g/mol. The second-order valence-corrected chi connectivity index (χ2v) is 6.20. The van der Waals surface area contributed by atoms with Gasteiger partial charge in [0.05, 0.1) is 17.3 Å². The Hall–Kier alpha value is -3.41. The Balaban J connectivity index is 1.65. The van der Waals surface area contributed by atoms with Crippen molar-refractivity contribution in [3.63, 3.8) is 0 Å². The number of rotatable bonds is 4. The van der Waals surface area contributed by atoms with Crippen molar-refractivity contribution in [2.24, 2.45) is 0 Å². The van der Waals surface area contributed by atoms with Crippen LogP contribution in [0.4, 0.5) is 5.69 Å². The molecule has 1 aromatic carbocycles. The number of furan rings is 1. The predicted molar refractivity (Wildman–Crippen MR) is 99.8 cm³/mol. The van der Waals surface area contributed by atoms with Crippen molar-refractivity contribution in [2.45, 2.75) is 20.4 Å². The topological polar surface area (TPSA) is 73.0 Å². The lowest BCUT2D eigenvalue weighted by Crippen LogP contribution is -2.19. The van der Waals surface area contributed by atoms with Gasteiger partial charge in [-0.3, -0.25) is 4.79 Å². The van der Waals surface area contributed by atoms with Crippen LogP contribution in [0.3, 0.4) is 0 Å². The molecule has 0 fully saturated rings. The molecule has 0 radical (unpaired) electrons. The molecule has 0 spiro atoms. The molecule has 26 heavy (non-hydrogen) atoms. The first-order valence-electron chi connectivity index (χ1n) is 8.34. The highest BCUT2D eigenvalue weighted by Gasteiger charge is 2.17. The first-order valence-corrected chi connectivity index (χ1v) is 8.34. The third-order valence-corrected chi connectivity index (χ3v) is 4.19. The van der Waals surface area contributed by atoms with Crippen LogP contribution >= 0.6 is 0 Å². The molecular weight excluding hydrogens is 328 g/mol. The summed E-state index contributed by atoms with van der Waals surface area (Å²) in [5.74, 6) is 0.606. The highest BCUT2D eigenvalue weighted by molar-refractivity contribution is 5.95. The Kier molecular flexibility index (Phi) is 4.01. The Morgan fingerprint density at radius 1 is 1.19 bits per heavy atom. The maximum Gasteiger partial charge on any atom is 0.246 e. The number of nitrogens with zero attached hydrogens (tertiary/aromatic N) is 3. The quantitative estimate of drug-likeness (QED) is 0.607. The van der Waals surface area contributed by atoms with E-state index in [0.29, 0.717) is 5.65 Å². The fourth-order valence-electron chi connectivity index (χ4n) is 3.09. The molecule has 4 rings (SSSR count). The standard InChI is InChI=1S/C20H18N4O2/c1-13-5-3-6-15(11-13)22-18(25)12-24-20-19(14(2)23-24)16(8-9-21-20)17-7-4-10-26-17/h3-11H,12H2,1-2H3,(H,22,25). The third-order valence-electron chi connectivity index (χ3n) is 4.19. The molecule has 6 heteroatoms. The van der Waals surface area contributed by atoms with Crippen LogP contribution in [-0.4, -0.2) is 20.7 Å². The normalized spacial score (nSPS) is 11.0. The van der Waals surface area contributed by atoms with Crippen molar-refractivity contribution in [3.8, 4) is 11.3 Å². The number of carbonyl (C=O) groups is 1. The molecular formula is C20H18N4O2. The van der Waals surface area contributed by atoms with Gasteiger partial charge >= 0.3 is 0 Å². The van der Waals surface area contributed by atoms with E-state index in [0.717, 1.165) is 33.7 Å². The van der Waals surface area contributed by atoms with Crippen LogP contribution in [0.2, 0.25) is 0 Å². The first kappa shape index (κ1) is 16.1.